The van der Waals surface area contributed by atoms with Crippen LogP contribution in [0.25, 0.3) is 0 Å². The lowest BCUT2D eigenvalue weighted by atomic mass is 10.2. The van der Waals surface area contributed by atoms with Crippen LogP contribution in [-0.4, -0.2) is 15.2 Å². The van der Waals surface area contributed by atoms with Crippen molar-refractivity contribution in [2.75, 3.05) is 0 Å². The van der Waals surface area contributed by atoms with Gasteiger partial charge in [0, 0.05) is 16.0 Å². The molecule has 1 aromatic heterocycles. The standard InChI is InChI=1S/C10H10BrClN4/c11-8-1-2-9(12)7(3-8)4-13-5-10-14-6-15-16-10/h1-3,6,13H,4-5H2,(H,14,15,16). The summed E-state index contributed by atoms with van der Waals surface area (Å²) in [5.74, 6) is 0.811. The zero-order valence-electron chi connectivity index (χ0n) is 8.37. The highest BCUT2D eigenvalue weighted by atomic mass is 79.9. The molecule has 0 saturated heterocycles. The topological polar surface area (TPSA) is 53.6 Å². The predicted molar refractivity (Wildman–Crippen MR) is 66.1 cm³/mol. The van der Waals surface area contributed by atoms with Gasteiger partial charge in [-0.05, 0) is 23.8 Å². The molecular formula is C10H10BrClN4. The SMILES string of the molecule is Clc1ccc(Br)cc1CNCc1ncn[nH]1. The number of nitrogens with zero attached hydrogens (tertiary/aromatic N) is 2. The molecule has 0 spiro atoms. The number of H-pyrrole nitrogens is 1. The second-order valence-electron chi connectivity index (χ2n) is 3.27. The average Bonchev–Trinajstić information content (AvgIpc) is 2.76. The number of benzene rings is 1. The normalized spacial score (nSPS) is 10.6. The first-order valence-corrected chi connectivity index (χ1v) is 5.91. The number of rotatable bonds is 4. The van der Waals surface area contributed by atoms with E-state index in [0.29, 0.717) is 13.1 Å². The number of halogens is 2. The first-order valence-electron chi connectivity index (χ1n) is 4.74. The smallest absolute Gasteiger partial charge is 0.138 e. The van der Waals surface area contributed by atoms with Crippen LogP contribution >= 0.6 is 27.5 Å². The fourth-order valence-electron chi connectivity index (χ4n) is 1.31. The lowest BCUT2D eigenvalue weighted by molar-refractivity contribution is 0.665. The van der Waals surface area contributed by atoms with Gasteiger partial charge >= 0.3 is 0 Å². The molecule has 0 aliphatic carbocycles. The molecule has 0 atom stereocenters. The number of hydrogen-bond acceptors (Lipinski definition) is 3. The van der Waals surface area contributed by atoms with Crippen LogP contribution < -0.4 is 5.32 Å². The van der Waals surface area contributed by atoms with Gasteiger partial charge in [0.05, 0.1) is 6.54 Å². The molecule has 2 rings (SSSR count). The molecule has 0 unspecified atom stereocenters. The van der Waals surface area contributed by atoms with Gasteiger partial charge in [-0.1, -0.05) is 27.5 Å². The summed E-state index contributed by atoms with van der Waals surface area (Å²) in [6.45, 7) is 1.34. The zero-order chi connectivity index (χ0) is 11.4. The molecule has 0 aliphatic heterocycles. The van der Waals surface area contributed by atoms with Crippen molar-refractivity contribution >= 4 is 27.5 Å². The van der Waals surface area contributed by atoms with E-state index in [9.17, 15) is 0 Å². The van der Waals surface area contributed by atoms with Crippen LogP contribution in [0.3, 0.4) is 0 Å². The summed E-state index contributed by atoms with van der Waals surface area (Å²) in [5.41, 5.74) is 1.05. The number of hydrogen-bond donors (Lipinski definition) is 2. The molecule has 2 aromatic rings. The van der Waals surface area contributed by atoms with Crippen molar-refractivity contribution in [1.82, 2.24) is 20.5 Å². The third-order valence-corrected chi connectivity index (χ3v) is 2.94. The van der Waals surface area contributed by atoms with Gasteiger partial charge < -0.3 is 5.32 Å². The van der Waals surface area contributed by atoms with Crippen LogP contribution in [0.15, 0.2) is 29.0 Å². The van der Waals surface area contributed by atoms with E-state index in [1.807, 2.05) is 18.2 Å². The molecule has 2 N–H and O–H groups in total. The molecule has 0 amide bonds. The minimum Gasteiger partial charge on any atom is -0.306 e. The first-order chi connectivity index (χ1) is 7.75. The van der Waals surface area contributed by atoms with Gasteiger partial charge in [0.15, 0.2) is 0 Å². The van der Waals surface area contributed by atoms with E-state index in [1.54, 1.807) is 0 Å². The second kappa shape index (κ2) is 5.43. The molecule has 84 valence electrons. The van der Waals surface area contributed by atoms with Crippen molar-refractivity contribution in [2.45, 2.75) is 13.1 Å². The molecule has 0 bridgehead atoms. The van der Waals surface area contributed by atoms with Crippen molar-refractivity contribution < 1.29 is 0 Å². The van der Waals surface area contributed by atoms with Crippen LogP contribution in [0.2, 0.25) is 5.02 Å². The average molecular weight is 302 g/mol. The second-order valence-corrected chi connectivity index (χ2v) is 4.59. The van der Waals surface area contributed by atoms with Gasteiger partial charge in [-0.2, -0.15) is 5.10 Å². The number of aromatic nitrogens is 3. The Balaban J connectivity index is 1.92. The van der Waals surface area contributed by atoms with Gasteiger partial charge in [0.2, 0.25) is 0 Å². The Morgan fingerprint density at radius 3 is 3.00 bits per heavy atom. The molecule has 4 nitrogen and oxygen atoms in total. The van der Waals surface area contributed by atoms with E-state index in [4.69, 9.17) is 11.6 Å². The molecule has 1 aromatic carbocycles. The molecule has 1 heterocycles. The van der Waals surface area contributed by atoms with E-state index in [1.165, 1.54) is 6.33 Å². The highest BCUT2D eigenvalue weighted by Gasteiger charge is 2.01. The van der Waals surface area contributed by atoms with Crippen LogP contribution in [0, 0.1) is 0 Å². The third kappa shape index (κ3) is 3.04. The number of nitrogens with one attached hydrogen (secondary N) is 2. The molecule has 0 saturated carbocycles. The predicted octanol–water partition coefficient (Wildman–Crippen LogP) is 2.51. The highest BCUT2D eigenvalue weighted by molar-refractivity contribution is 9.10. The molecule has 0 fully saturated rings. The quantitative estimate of drug-likeness (QED) is 0.912. The van der Waals surface area contributed by atoms with Crippen LogP contribution in [-0.2, 0) is 13.1 Å². The summed E-state index contributed by atoms with van der Waals surface area (Å²) in [4.78, 5) is 4.02. The van der Waals surface area contributed by atoms with E-state index in [-0.39, 0.29) is 0 Å². The van der Waals surface area contributed by atoms with Crippen molar-refractivity contribution in [3.63, 3.8) is 0 Å². The third-order valence-electron chi connectivity index (χ3n) is 2.08. The summed E-state index contributed by atoms with van der Waals surface area (Å²) >= 11 is 9.47. The zero-order valence-corrected chi connectivity index (χ0v) is 10.7. The summed E-state index contributed by atoms with van der Waals surface area (Å²) in [6, 6.07) is 5.79. The molecule has 16 heavy (non-hydrogen) atoms. The minimum atomic E-state index is 0.642. The van der Waals surface area contributed by atoms with Crippen LogP contribution in [0.4, 0.5) is 0 Å². The monoisotopic (exact) mass is 300 g/mol. The van der Waals surface area contributed by atoms with E-state index >= 15 is 0 Å². The Kier molecular flexibility index (Phi) is 3.93. The first kappa shape index (κ1) is 11.6. The van der Waals surface area contributed by atoms with E-state index < -0.39 is 0 Å². The molecule has 0 aliphatic rings. The summed E-state index contributed by atoms with van der Waals surface area (Å²) < 4.78 is 1.02. The minimum absolute atomic E-state index is 0.642. The Morgan fingerprint density at radius 2 is 2.25 bits per heavy atom. The summed E-state index contributed by atoms with van der Waals surface area (Å²) in [6.07, 6.45) is 1.49. The Labute approximate surface area is 107 Å². The van der Waals surface area contributed by atoms with Crippen molar-refractivity contribution in [3.05, 3.63) is 45.4 Å². The molecular weight excluding hydrogens is 291 g/mol. The van der Waals surface area contributed by atoms with Gasteiger partial charge in [-0.25, -0.2) is 4.98 Å². The maximum absolute atomic E-state index is 6.06. The largest absolute Gasteiger partial charge is 0.306 e. The Bertz CT molecular complexity index is 458. The van der Waals surface area contributed by atoms with Gasteiger partial charge in [-0.15, -0.1) is 0 Å². The lowest BCUT2D eigenvalue weighted by Crippen LogP contribution is -2.14. The van der Waals surface area contributed by atoms with Crippen molar-refractivity contribution in [3.8, 4) is 0 Å². The van der Waals surface area contributed by atoms with Crippen molar-refractivity contribution in [2.24, 2.45) is 0 Å². The Hall–Kier alpha value is -0.910. The fraction of sp³-hybridized carbons (Fsp3) is 0.200. The summed E-state index contributed by atoms with van der Waals surface area (Å²) in [7, 11) is 0. The molecule has 6 heteroatoms. The van der Waals surface area contributed by atoms with Gasteiger partial charge in [0.25, 0.3) is 0 Å². The van der Waals surface area contributed by atoms with Gasteiger partial charge in [-0.3, -0.25) is 5.10 Å². The van der Waals surface area contributed by atoms with Gasteiger partial charge in [0.1, 0.15) is 12.2 Å². The van der Waals surface area contributed by atoms with E-state index in [2.05, 4.69) is 36.4 Å². The maximum Gasteiger partial charge on any atom is 0.138 e. The van der Waals surface area contributed by atoms with Crippen LogP contribution in [0.1, 0.15) is 11.4 Å². The highest BCUT2D eigenvalue weighted by Crippen LogP contribution is 2.20. The van der Waals surface area contributed by atoms with Crippen LogP contribution in [0.5, 0.6) is 0 Å². The van der Waals surface area contributed by atoms with E-state index in [0.717, 1.165) is 20.9 Å². The molecule has 0 radical (unpaired) electrons. The summed E-state index contributed by atoms with van der Waals surface area (Å²) in [5, 5.41) is 10.5. The number of aromatic amines is 1. The van der Waals surface area contributed by atoms with Crippen molar-refractivity contribution in [1.29, 1.82) is 0 Å². The fourth-order valence-corrected chi connectivity index (χ4v) is 1.90. The lowest BCUT2D eigenvalue weighted by Gasteiger charge is -2.05. The maximum atomic E-state index is 6.06. The Morgan fingerprint density at radius 1 is 1.38 bits per heavy atom.